The second kappa shape index (κ2) is 10.3. The van der Waals surface area contributed by atoms with Gasteiger partial charge >= 0.3 is 0 Å². The van der Waals surface area contributed by atoms with Gasteiger partial charge in [-0.1, -0.05) is 24.7 Å². The third kappa shape index (κ3) is 5.52. The number of unbranched alkanes of at least 4 members (excludes halogenated alkanes) is 1. The Balaban J connectivity index is 1.87. The number of hydrogen-bond donors (Lipinski definition) is 0. The molecule has 0 radical (unpaired) electrons. The van der Waals surface area contributed by atoms with E-state index in [1.165, 1.54) is 23.5 Å². The summed E-state index contributed by atoms with van der Waals surface area (Å²) < 4.78 is 27.3. The molecule has 0 saturated carbocycles. The number of fused-ring (bicyclic) bond motifs is 1. The maximum Gasteiger partial charge on any atom is 0.279 e. The summed E-state index contributed by atoms with van der Waals surface area (Å²) in [5.41, 5.74) is 1.31. The highest BCUT2D eigenvalue weighted by Gasteiger charge is 2.10. The van der Waals surface area contributed by atoms with Crippen molar-refractivity contribution in [3.8, 4) is 5.75 Å². The van der Waals surface area contributed by atoms with Gasteiger partial charge in [0.2, 0.25) is 0 Å². The molecular formula is C22H25FN2O3S. The SMILES string of the molecule is CCCCOc1ccc(C(=O)N=c2sc3cc(F)ccc3n2CCOCC)cc1. The van der Waals surface area contributed by atoms with Gasteiger partial charge in [0.25, 0.3) is 5.91 Å². The number of nitrogens with zero attached hydrogens (tertiary/aromatic N) is 2. The Hall–Kier alpha value is -2.51. The minimum Gasteiger partial charge on any atom is -0.494 e. The second-order valence-electron chi connectivity index (χ2n) is 6.49. The van der Waals surface area contributed by atoms with Crippen LogP contribution in [0.25, 0.3) is 10.2 Å². The van der Waals surface area contributed by atoms with Gasteiger partial charge in [-0.3, -0.25) is 4.79 Å². The standard InChI is InChI=1S/C22H25FN2O3S/c1-3-5-13-28-18-9-6-16(7-10-18)21(26)24-22-25(12-14-27-4-2)19-11-8-17(23)15-20(19)29-22/h6-11,15H,3-5,12-14H2,1-2H3. The molecule has 0 aliphatic heterocycles. The second-order valence-corrected chi connectivity index (χ2v) is 7.50. The number of thiazole rings is 1. The van der Waals surface area contributed by atoms with Gasteiger partial charge in [0.1, 0.15) is 11.6 Å². The highest BCUT2D eigenvalue weighted by Crippen LogP contribution is 2.19. The van der Waals surface area contributed by atoms with E-state index in [9.17, 15) is 9.18 Å². The Morgan fingerprint density at radius 2 is 1.93 bits per heavy atom. The number of aromatic nitrogens is 1. The predicted octanol–water partition coefficient (Wildman–Crippen LogP) is 4.80. The van der Waals surface area contributed by atoms with E-state index in [2.05, 4.69) is 11.9 Å². The van der Waals surface area contributed by atoms with Crippen molar-refractivity contribution in [2.45, 2.75) is 33.2 Å². The summed E-state index contributed by atoms with van der Waals surface area (Å²) in [5.74, 6) is 0.0775. The fraction of sp³-hybridized carbons (Fsp3) is 0.364. The number of benzene rings is 2. The van der Waals surface area contributed by atoms with Gasteiger partial charge in [-0.2, -0.15) is 4.99 Å². The summed E-state index contributed by atoms with van der Waals surface area (Å²) >= 11 is 1.29. The number of amides is 1. The fourth-order valence-electron chi connectivity index (χ4n) is 2.83. The molecule has 154 valence electrons. The molecule has 2 aromatic carbocycles. The molecule has 1 amide bonds. The van der Waals surface area contributed by atoms with Crippen molar-refractivity contribution in [3.05, 3.63) is 58.6 Å². The van der Waals surface area contributed by atoms with Crippen molar-refractivity contribution >= 4 is 27.5 Å². The number of carbonyl (C=O) groups is 1. The van der Waals surface area contributed by atoms with E-state index in [0.717, 1.165) is 28.8 Å². The van der Waals surface area contributed by atoms with E-state index >= 15 is 0 Å². The van der Waals surface area contributed by atoms with Crippen molar-refractivity contribution in [2.24, 2.45) is 4.99 Å². The average molecular weight is 417 g/mol. The molecule has 7 heteroatoms. The van der Waals surface area contributed by atoms with Crippen LogP contribution in [0, 0.1) is 5.82 Å². The van der Waals surface area contributed by atoms with Crippen LogP contribution in [-0.4, -0.2) is 30.3 Å². The first kappa shape index (κ1) is 21.2. The Bertz CT molecular complexity index is 1020. The lowest BCUT2D eigenvalue weighted by atomic mass is 10.2. The fourth-order valence-corrected chi connectivity index (χ4v) is 3.91. The maximum atomic E-state index is 13.6. The smallest absolute Gasteiger partial charge is 0.279 e. The van der Waals surface area contributed by atoms with Gasteiger partial charge in [-0.15, -0.1) is 0 Å². The molecular weight excluding hydrogens is 391 g/mol. The van der Waals surface area contributed by atoms with E-state index in [1.54, 1.807) is 30.3 Å². The molecule has 3 aromatic rings. The number of halogens is 1. The molecule has 1 heterocycles. The quantitative estimate of drug-likeness (QED) is 0.471. The molecule has 0 bridgehead atoms. The Kier molecular flexibility index (Phi) is 7.55. The lowest BCUT2D eigenvalue weighted by Gasteiger charge is -2.06. The van der Waals surface area contributed by atoms with Crippen LogP contribution in [0.3, 0.4) is 0 Å². The van der Waals surface area contributed by atoms with Crippen LogP contribution in [0.5, 0.6) is 5.75 Å². The number of hydrogen-bond acceptors (Lipinski definition) is 4. The summed E-state index contributed by atoms with van der Waals surface area (Å²) in [7, 11) is 0. The van der Waals surface area contributed by atoms with Crippen LogP contribution in [0.2, 0.25) is 0 Å². The Morgan fingerprint density at radius 3 is 2.66 bits per heavy atom. The monoisotopic (exact) mass is 416 g/mol. The topological polar surface area (TPSA) is 52.8 Å². The third-order valence-corrected chi connectivity index (χ3v) is 5.41. The zero-order valence-corrected chi connectivity index (χ0v) is 17.5. The normalized spacial score (nSPS) is 11.9. The lowest BCUT2D eigenvalue weighted by molar-refractivity contribution is 0.0996. The van der Waals surface area contributed by atoms with E-state index < -0.39 is 0 Å². The zero-order valence-electron chi connectivity index (χ0n) is 16.7. The van der Waals surface area contributed by atoms with Crippen molar-refractivity contribution in [1.29, 1.82) is 0 Å². The first-order valence-electron chi connectivity index (χ1n) is 9.81. The van der Waals surface area contributed by atoms with Crippen molar-refractivity contribution in [1.82, 2.24) is 4.57 Å². The zero-order chi connectivity index (χ0) is 20.6. The maximum absolute atomic E-state index is 13.6. The van der Waals surface area contributed by atoms with E-state index in [4.69, 9.17) is 9.47 Å². The van der Waals surface area contributed by atoms with Crippen molar-refractivity contribution in [2.75, 3.05) is 19.8 Å². The summed E-state index contributed by atoms with van der Waals surface area (Å²) in [6, 6.07) is 11.6. The minimum atomic E-state index is -0.345. The van der Waals surface area contributed by atoms with Crippen LogP contribution in [0.15, 0.2) is 47.5 Å². The van der Waals surface area contributed by atoms with Gasteiger partial charge in [-0.25, -0.2) is 4.39 Å². The van der Waals surface area contributed by atoms with Crippen molar-refractivity contribution < 1.29 is 18.7 Å². The molecule has 3 rings (SSSR count). The molecule has 0 N–H and O–H groups in total. The van der Waals surface area contributed by atoms with Crippen LogP contribution in [-0.2, 0) is 11.3 Å². The number of rotatable bonds is 9. The van der Waals surface area contributed by atoms with Crippen LogP contribution >= 0.6 is 11.3 Å². The molecule has 0 saturated heterocycles. The number of ether oxygens (including phenoxy) is 2. The van der Waals surface area contributed by atoms with Gasteiger partial charge < -0.3 is 14.0 Å². The Morgan fingerprint density at radius 1 is 1.14 bits per heavy atom. The molecule has 0 aliphatic rings. The van der Waals surface area contributed by atoms with E-state index in [-0.39, 0.29) is 11.7 Å². The van der Waals surface area contributed by atoms with E-state index in [0.29, 0.717) is 36.7 Å². The highest BCUT2D eigenvalue weighted by atomic mass is 32.1. The molecule has 0 aliphatic carbocycles. The highest BCUT2D eigenvalue weighted by molar-refractivity contribution is 7.16. The molecule has 0 unspecified atom stereocenters. The summed E-state index contributed by atoms with van der Waals surface area (Å²) in [5, 5.41) is 0. The summed E-state index contributed by atoms with van der Waals surface area (Å²) in [6.07, 6.45) is 2.06. The van der Waals surface area contributed by atoms with Crippen LogP contribution in [0.4, 0.5) is 4.39 Å². The van der Waals surface area contributed by atoms with Crippen molar-refractivity contribution in [3.63, 3.8) is 0 Å². The third-order valence-electron chi connectivity index (χ3n) is 4.37. The first-order chi connectivity index (χ1) is 14.1. The van der Waals surface area contributed by atoms with Gasteiger partial charge in [0.05, 0.1) is 23.4 Å². The first-order valence-corrected chi connectivity index (χ1v) is 10.6. The van der Waals surface area contributed by atoms with Gasteiger partial charge in [-0.05, 0) is 55.8 Å². The van der Waals surface area contributed by atoms with Gasteiger partial charge in [0, 0.05) is 18.7 Å². The van der Waals surface area contributed by atoms with Crippen LogP contribution in [0.1, 0.15) is 37.0 Å². The van der Waals surface area contributed by atoms with Crippen LogP contribution < -0.4 is 9.54 Å². The summed E-state index contributed by atoms with van der Waals surface area (Å²) in [4.78, 5) is 17.5. The molecule has 0 fully saturated rings. The minimum absolute atomic E-state index is 0.313. The molecule has 29 heavy (non-hydrogen) atoms. The molecule has 1 aromatic heterocycles. The number of carbonyl (C=O) groups excluding carboxylic acids is 1. The average Bonchev–Trinajstić information content (AvgIpc) is 3.05. The largest absolute Gasteiger partial charge is 0.494 e. The summed E-state index contributed by atoms with van der Waals surface area (Å²) in [6.45, 7) is 6.33. The lowest BCUT2D eigenvalue weighted by Crippen LogP contribution is -2.19. The molecule has 0 atom stereocenters. The Labute approximate surface area is 173 Å². The molecule has 0 spiro atoms. The molecule has 5 nitrogen and oxygen atoms in total. The van der Waals surface area contributed by atoms with Gasteiger partial charge in [0.15, 0.2) is 4.80 Å². The predicted molar refractivity (Wildman–Crippen MR) is 113 cm³/mol. The van der Waals surface area contributed by atoms with E-state index in [1.807, 2.05) is 11.5 Å².